The summed E-state index contributed by atoms with van der Waals surface area (Å²) < 4.78 is 15.4. The molecule has 0 fully saturated rings. The van der Waals surface area contributed by atoms with Crippen LogP contribution < -0.4 is 5.73 Å². The van der Waals surface area contributed by atoms with Gasteiger partial charge in [-0.1, -0.05) is 13.8 Å². The number of benzene rings is 1. The van der Waals surface area contributed by atoms with E-state index in [0.717, 1.165) is 12.8 Å². The Morgan fingerprint density at radius 2 is 2.16 bits per heavy atom. The van der Waals surface area contributed by atoms with Crippen LogP contribution in [0.2, 0.25) is 0 Å². The Bertz CT molecular complexity index is 550. The van der Waals surface area contributed by atoms with Crippen molar-refractivity contribution in [3.05, 3.63) is 24.0 Å². The van der Waals surface area contributed by atoms with Crippen molar-refractivity contribution in [3.8, 4) is 11.4 Å². The summed E-state index contributed by atoms with van der Waals surface area (Å²) >= 11 is 0. The lowest BCUT2D eigenvalue weighted by molar-refractivity contribution is 0.484. The molecular weight excluding hydrogens is 245 g/mol. The van der Waals surface area contributed by atoms with Crippen LogP contribution in [0.5, 0.6) is 0 Å². The van der Waals surface area contributed by atoms with Crippen LogP contribution >= 0.6 is 0 Å². The number of aromatic nitrogens is 4. The van der Waals surface area contributed by atoms with Crippen LogP contribution in [0.15, 0.2) is 18.2 Å². The molecule has 19 heavy (non-hydrogen) atoms. The molecule has 0 aliphatic rings. The third-order valence-electron chi connectivity index (χ3n) is 2.91. The summed E-state index contributed by atoms with van der Waals surface area (Å²) in [7, 11) is 0. The summed E-state index contributed by atoms with van der Waals surface area (Å²) in [5, 5.41) is 11.4. The van der Waals surface area contributed by atoms with Crippen molar-refractivity contribution >= 4 is 5.69 Å². The summed E-state index contributed by atoms with van der Waals surface area (Å²) in [5.74, 6) is 0.687. The number of anilines is 1. The van der Waals surface area contributed by atoms with Gasteiger partial charge in [-0.3, -0.25) is 0 Å². The molecule has 0 radical (unpaired) electrons. The number of nitrogens with zero attached hydrogens (tertiary/aromatic N) is 4. The predicted molar refractivity (Wildman–Crippen MR) is 71.7 cm³/mol. The smallest absolute Gasteiger partial charge is 0.185 e. The fraction of sp³-hybridized carbons (Fsp3) is 0.462. The van der Waals surface area contributed by atoms with Crippen molar-refractivity contribution in [1.29, 1.82) is 0 Å². The number of tetrazole rings is 1. The van der Waals surface area contributed by atoms with Crippen molar-refractivity contribution in [2.75, 3.05) is 5.73 Å². The van der Waals surface area contributed by atoms with Crippen molar-refractivity contribution in [3.63, 3.8) is 0 Å². The average Bonchev–Trinajstić information content (AvgIpc) is 2.80. The topological polar surface area (TPSA) is 69.6 Å². The number of halogens is 1. The third-order valence-corrected chi connectivity index (χ3v) is 2.91. The third kappa shape index (κ3) is 3.27. The molecule has 6 heteroatoms. The van der Waals surface area contributed by atoms with E-state index in [1.807, 2.05) is 0 Å². The largest absolute Gasteiger partial charge is 0.399 e. The highest BCUT2D eigenvalue weighted by Gasteiger charge is 2.13. The molecule has 2 rings (SSSR count). The van der Waals surface area contributed by atoms with Gasteiger partial charge in [-0.25, -0.2) is 9.07 Å². The second kappa shape index (κ2) is 5.77. The van der Waals surface area contributed by atoms with Gasteiger partial charge in [0.1, 0.15) is 5.82 Å². The molecule has 0 bridgehead atoms. The van der Waals surface area contributed by atoms with E-state index >= 15 is 0 Å². The summed E-state index contributed by atoms with van der Waals surface area (Å²) in [6.07, 6.45) is 2.04. The molecule has 0 aliphatic carbocycles. The molecule has 0 atom stereocenters. The van der Waals surface area contributed by atoms with Crippen LogP contribution in [-0.4, -0.2) is 20.2 Å². The van der Waals surface area contributed by atoms with Gasteiger partial charge in [-0.05, 0) is 47.4 Å². The molecule has 5 nitrogen and oxygen atoms in total. The van der Waals surface area contributed by atoms with Crippen LogP contribution in [-0.2, 0) is 6.54 Å². The molecule has 2 aromatic rings. The zero-order chi connectivity index (χ0) is 13.8. The quantitative estimate of drug-likeness (QED) is 0.841. The molecule has 1 aromatic heterocycles. The lowest BCUT2D eigenvalue weighted by atomic mass is 10.1. The first-order chi connectivity index (χ1) is 9.08. The Balaban J connectivity index is 2.21. The summed E-state index contributed by atoms with van der Waals surface area (Å²) in [5.41, 5.74) is 6.51. The van der Waals surface area contributed by atoms with E-state index < -0.39 is 0 Å². The highest BCUT2D eigenvalue weighted by molar-refractivity contribution is 5.61. The standard InChI is InChI=1S/C13H18FN5/c1-9(2)4-3-7-19-13(16-17-18-19)11-8-10(15)5-6-12(11)14/h5-6,8-9H,3-4,7,15H2,1-2H3. The van der Waals surface area contributed by atoms with E-state index in [2.05, 4.69) is 29.4 Å². The van der Waals surface area contributed by atoms with Gasteiger partial charge < -0.3 is 5.73 Å². The fourth-order valence-corrected chi connectivity index (χ4v) is 1.91. The highest BCUT2D eigenvalue weighted by atomic mass is 19.1. The number of hydrogen-bond donors (Lipinski definition) is 1. The van der Waals surface area contributed by atoms with Gasteiger partial charge in [-0.2, -0.15) is 0 Å². The average molecular weight is 263 g/mol. The van der Waals surface area contributed by atoms with Gasteiger partial charge in [0.25, 0.3) is 0 Å². The summed E-state index contributed by atoms with van der Waals surface area (Å²) in [6.45, 7) is 5.00. The number of nitrogen functional groups attached to an aromatic ring is 1. The van der Waals surface area contributed by atoms with Crippen LogP contribution in [0.3, 0.4) is 0 Å². The Kier molecular flexibility index (Phi) is 4.09. The fourth-order valence-electron chi connectivity index (χ4n) is 1.91. The molecule has 0 saturated heterocycles. The van der Waals surface area contributed by atoms with E-state index in [9.17, 15) is 4.39 Å². The number of hydrogen-bond acceptors (Lipinski definition) is 4. The molecule has 0 unspecified atom stereocenters. The van der Waals surface area contributed by atoms with Crippen molar-refractivity contribution in [2.24, 2.45) is 5.92 Å². The van der Waals surface area contributed by atoms with E-state index in [1.54, 1.807) is 10.7 Å². The predicted octanol–water partition coefficient (Wildman–Crippen LogP) is 2.50. The Morgan fingerprint density at radius 1 is 1.37 bits per heavy atom. The van der Waals surface area contributed by atoms with Gasteiger partial charge in [-0.15, -0.1) is 5.10 Å². The second-order valence-electron chi connectivity index (χ2n) is 5.00. The minimum atomic E-state index is -0.367. The Hall–Kier alpha value is -1.98. The number of nitrogens with two attached hydrogens (primary N) is 1. The van der Waals surface area contributed by atoms with Gasteiger partial charge in [0, 0.05) is 12.2 Å². The van der Waals surface area contributed by atoms with Crippen molar-refractivity contribution in [1.82, 2.24) is 20.2 Å². The molecule has 0 saturated carbocycles. The zero-order valence-corrected chi connectivity index (χ0v) is 11.2. The number of aryl methyl sites for hydroxylation is 1. The molecule has 102 valence electrons. The van der Waals surface area contributed by atoms with Gasteiger partial charge in [0.15, 0.2) is 5.82 Å². The second-order valence-corrected chi connectivity index (χ2v) is 5.00. The van der Waals surface area contributed by atoms with Crippen molar-refractivity contribution in [2.45, 2.75) is 33.2 Å². The lowest BCUT2D eigenvalue weighted by Crippen LogP contribution is -2.05. The molecule has 0 aliphatic heterocycles. The molecular formula is C13H18FN5. The monoisotopic (exact) mass is 263 g/mol. The summed E-state index contributed by atoms with van der Waals surface area (Å²) in [4.78, 5) is 0. The van der Waals surface area contributed by atoms with Crippen molar-refractivity contribution < 1.29 is 4.39 Å². The molecule has 1 heterocycles. The highest BCUT2D eigenvalue weighted by Crippen LogP contribution is 2.22. The molecule has 0 spiro atoms. The zero-order valence-electron chi connectivity index (χ0n) is 11.2. The maximum atomic E-state index is 13.8. The maximum Gasteiger partial charge on any atom is 0.185 e. The first-order valence-corrected chi connectivity index (χ1v) is 6.39. The van der Waals surface area contributed by atoms with Gasteiger partial charge >= 0.3 is 0 Å². The first-order valence-electron chi connectivity index (χ1n) is 6.39. The molecule has 2 N–H and O–H groups in total. The van der Waals surface area contributed by atoms with Crippen LogP contribution in [0.25, 0.3) is 11.4 Å². The Morgan fingerprint density at radius 3 is 2.89 bits per heavy atom. The minimum absolute atomic E-state index is 0.342. The van der Waals surface area contributed by atoms with Crippen LogP contribution in [0, 0.1) is 11.7 Å². The normalized spacial score (nSPS) is 11.2. The van der Waals surface area contributed by atoms with E-state index in [0.29, 0.717) is 29.5 Å². The lowest BCUT2D eigenvalue weighted by Gasteiger charge is -2.07. The van der Waals surface area contributed by atoms with Crippen LogP contribution in [0.4, 0.5) is 10.1 Å². The van der Waals surface area contributed by atoms with Gasteiger partial charge in [0.05, 0.1) is 5.56 Å². The van der Waals surface area contributed by atoms with E-state index in [4.69, 9.17) is 5.73 Å². The summed E-state index contributed by atoms with van der Waals surface area (Å²) in [6, 6.07) is 4.41. The Labute approximate surface area is 111 Å². The maximum absolute atomic E-state index is 13.8. The van der Waals surface area contributed by atoms with Gasteiger partial charge in [0.2, 0.25) is 0 Å². The van der Waals surface area contributed by atoms with Crippen LogP contribution in [0.1, 0.15) is 26.7 Å². The number of rotatable bonds is 5. The minimum Gasteiger partial charge on any atom is -0.399 e. The molecule has 1 aromatic carbocycles. The first kappa shape index (κ1) is 13.5. The molecule has 0 amide bonds. The van der Waals surface area contributed by atoms with E-state index in [-0.39, 0.29) is 5.82 Å². The van der Waals surface area contributed by atoms with E-state index in [1.165, 1.54) is 12.1 Å². The SMILES string of the molecule is CC(C)CCCn1nnnc1-c1cc(N)ccc1F.